The van der Waals surface area contributed by atoms with Gasteiger partial charge in [0.25, 0.3) is 11.8 Å². The summed E-state index contributed by atoms with van der Waals surface area (Å²) < 4.78 is 13.0. The standard InChI is InChI=1S/C21H17Cl2FN4O2/c1-12(16-7-4-14(22)10-17(16)23)28-21(30)19-18(25-8-9-26-19)20(29)27-11-13-2-5-15(24)6-3-13/h2-10,12H,11H2,1H3,(H,27,29)(H,28,30)/t12-/m1/s1. The molecule has 0 aliphatic carbocycles. The number of hydrogen-bond acceptors (Lipinski definition) is 4. The molecule has 9 heteroatoms. The van der Waals surface area contributed by atoms with Gasteiger partial charge >= 0.3 is 0 Å². The molecule has 0 aliphatic rings. The third-order valence-electron chi connectivity index (χ3n) is 4.27. The molecule has 30 heavy (non-hydrogen) atoms. The average molecular weight is 447 g/mol. The van der Waals surface area contributed by atoms with Crippen molar-refractivity contribution in [3.63, 3.8) is 0 Å². The van der Waals surface area contributed by atoms with E-state index in [1.165, 1.54) is 24.5 Å². The fourth-order valence-electron chi connectivity index (χ4n) is 2.73. The highest BCUT2D eigenvalue weighted by molar-refractivity contribution is 6.35. The van der Waals surface area contributed by atoms with E-state index in [0.717, 1.165) is 0 Å². The van der Waals surface area contributed by atoms with E-state index in [1.807, 2.05) is 0 Å². The predicted octanol–water partition coefficient (Wildman–Crippen LogP) is 4.34. The maximum atomic E-state index is 13.0. The summed E-state index contributed by atoms with van der Waals surface area (Å²) in [5.74, 6) is -1.52. The molecule has 3 rings (SSSR count). The molecule has 0 saturated carbocycles. The molecular formula is C21H17Cl2FN4O2. The van der Waals surface area contributed by atoms with E-state index in [4.69, 9.17) is 23.2 Å². The summed E-state index contributed by atoms with van der Waals surface area (Å²) in [6, 6.07) is 10.2. The number of carbonyl (C=O) groups is 2. The topological polar surface area (TPSA) is 84.0 Å². The second kappa shape index (κ2) is 9.65. The zero-order valence-corrected chi connectivity index (χ0v) is 17.3. The lowest BCUT2D eigenvalue weighted by Gasteiger charge is -2.16. The Bertz CT molecular complexity index is 1080. The number of aromatic nitrogens is 2. The number of nitrogens with zero attached hydrogens (tertiary/aromatic N) is 2. The Morgan fingerprint density at radius 1 is 1.00 bits per heavy atom. The van der Waals surface area contributed by atoms with Crippen LogP contribution in [0.3, 0.4) is 0 Å². The van der Waals surface area contributed by atoms with Crippen LogP contribution in [0.25, 0.3) is 0 Å². The lowest BCUT2D eigenvalue weighted by atomic mass is 10.1. The molecule has 154 valence electrons. The zero-order valence-electron chi connectivity index (χ0n) is 15.8. The minimum atomic E-state index is -0.575. The number of carbonyl (C=O) groups excluding carboxylic acids is 2. The molecule has 2 N–H and O–H groups in total. The second-order valence-electron chi connectivity index (χ2n) is 6.42. The first-order valence-electron chi connectivity index (χ1n) is 8.94. The smallest absolute Gasteiger partial charge is 0.272 e. The number of halogens is 3. The van der Waals surface area contributed by atoms with Crippen LogP contribution < -0.4 is 10.6 Å². The molecule has 0 aliphatic heterocycles. The molecule has 2 aromatic carbocycles. The Labute approximate surface area is 182 Å². The van der Waals surface area contributed by atoms with Gasteiger partial charge in [-0.25, -0.2) is 14.4 Å². The van der Waals surface area contributed by atoms with E-state index < -0.39 is 17.9 Å². The number of hydrogen-bond donors (Lipinski definition) is 2. The Morgan fingerprint density at radius 2 is 1.63 bits per heavy atom. The molecule has 0 radical (unpaired) electrons. The second-order valence-corrected chi connectivity index (χ2v) is 7.27. The van der Waals surface area contributed by atoms with Gasteiger partial charge in [-0.1, -0.05) is 41.4 Å². The van der Waals surface area contributed by atoms with Gasteiger partial charge in [0, 0.05) is 29.0 Å². The molecule has 0 fully saturated rings. The number of amides is 2. The maximum Gasteiger partial charge on any atom is 0.272 e. The molecule has 1 atom stereocenters. The van der Waals surface area contributed by atoms with Gasteiger partial charge in [-0.05, 0) is 42.3 Å². The van der Waals surface area contributed by atoms with Gasteiger partial charge in [-0.2, -0.15) is 0 Å². The number of rotatable bonds is 6. The van der Waals surface area contributed by atoms with Crippen LogP contribution in [0.5, 0.6) is 0 Å². The van der Waals surface area contributed by atoms with E-state index in [2.05, 4.69) is 20.6 Å². The van der Waals surface area contributed by atoms with Crippen molar-refractivity contribution in [1.82, 2.24) is 20.6 Å². The summed E-state index contributed by atoms with van der Waals surface area (Å²) in [5, 5.41) is 6.30. The first kappa shape index (κ1) is 21.7. The Balaban J connectivity index is 1.72. The van der Waals surface area contributed by atoms with Gasteiger partial charge in [0.15, 0.2) is 11.4 Å². The van der Waals surface area contributed by atoms with Gasteiger partial charge in [-0.15, -0.1) is 0 Å². The predicted molar refractivity (Wildman–Crippen MR) is 112 cm³/mol. The first-order valence-corrected chi connectivity index (χ1v) is 9.70. The SMILES string of the molecule is C[C@@H](NC(=O)c1nccnc1C(=O)NCc1ccc(F)cc1)c1ccc(Cl)cc1Cl. The van der Waals surface area contributed by atoms with Crippen LogP contribution in [0, 0.1) is 5.82 Å². The van der Waals surface area contributed by atoms with Crippen LogP contribution in [0.2, 0.25) is 10.0 Å². The van der Waals surface area contributed by atoms with Crippen molar-refractivity contribution < 1.29 is 14.0 Å². The fourth-order valence-corrected chi connectivity index (χ4v) is 3.31. The molecule has 0 unspecified atom stereocenters. The lowest BCUT2D eigenvalue weighted by Crippen LogP contribution is -2.32. The van der Waals surface area contributed by atoms with Gasteiger partial charge in [0.1, 0.15) is 5.82 Å². The molecule has 2 amide bonds. The number of benzene rings is 2. The molecule has 3 aromatic rings. The third kappa shape index (κ3) is 5.31. The van der Waals surface area contributed by atoms with Crippen molar-refractivity contribution in [2.45, 2.75) is 19.5 Å². The highest BCUT2D eigenvalue weighted by atomic mass is 35.5. The molecule has 0 saturated heterocycles. The van der Waals surface area contributed by atoms with Crippen LogP contribution in [-0.4, -0.2) is 21.8 Å². The van der Waals surface area contributed by atoms with Crippen LogP contribution >= 0.6 is 23.2 Å². The first-order chi connectivity index (χ1) is 14.3. The van der Waals surface area contributed by atoms with Crippen molar-refractivity contribution in [2.24, 2.45) is 0 Å². The summed E-state index contributed by atoms with van der Waals surface area (Å²) in [5.41, 5.74) is 1.13. The van der Waals surface area contributed by atoms with Gasteiger partial charge < -0.3 is 10.6 Å². The van der Waals surface area contributed by atoms with Crippen molar-refractivity contribution in [2.75, 3.05) is 0 Å². The molecule has 1 heterocycles. The molecule has 0 spiro atoms. The largest absolute Gasteiger partial charge is 0.347 e. The van der Waals surface area contributed by atoms with Crippen LogP contribution in [0.1, 0.15) is 45.1 Å². The quantitative estimate of drug-likeness (QED) is 0.589. The van der Waals surface area contributed by atoms with Crippen molar-refractivity contribution in [3.8, 4) is 0 Å². The average Bonchev–Trinajstić information content (AvgIpc) is 2.73. The summed E-state index contributed by atoms with van der Waals surface area (Å²) in [6.45, 7) is 1.89. The van der Waals surface area contributed by atoms with Gasteiger partial charge in [0.2, 0.25) is 0 Å². The van der Waals surface area contributed by atoms with Gasteiger partial charge in [0.05, 0.1) is 6.04 Å². The minimum absolute atomic E-state index is 0.119. The van der Waals surface area contributed by atoms with E-state index in [9.17, 15) is 14.0 Å². The van der Waals surface area contributed by atoms with Crippen LogP contribution in [-0.2, 0) is 6.54 Å². The van der Waals surface area contributed by atoms with E-state index >= 15 is 0 Å². The van der Waals surface area contributed by atoms with E-state index in [1.54, 1.807) is 37.3 Å². The zero-order chi connectivity index (χ0) is 21.7. The number of nitrogens with one attached hydrogen (secondary N) is 2. The third-order valence-corrected chi connectivity index (χ3v) is 4.83. The van der Waals surface area contributed by atoms with Crippen molar-refractivity contribution in [3.05, 3.63) is 93.2 Å². The van der Waals surface area contributed by atoms with Crippen LogP contribution in [0.4, 0.5) is 4.39 Å². The normalized spacial score (nSPS) is 11.6. The van der Waals surface area contributed by atoms with Crippen molar-refractivity contribution >= 4 is 35.0 Å². The Kier molecular flexibility index (Phi) is 6.97. The monoisotopic (exact) mass is 446 g/mol. The Hall–Kier alpha value is -3.03. The van der Waals surface area contributed by atoms with Crippen LogP contribution in [0.15, 0.2) is 54.9 Å². The van der Waals surface area contributed by atoms with E-state index in [0.29, 0.717) is 21.2 Å². The summed E-state index contributed by atoms with van der Waals surface area (Å²) in [6.07, 6.45) is 2.65. The summed E-state index contributed by atoms with van der Waals surface area (Å²) in [7, 11) is 0. The van der Waals surface area contributed by atoms with E-state index in [-0.39, 0.29) is 23.7 Å². The van der Waals surface area contributed by atoms with Gasteiger partial charge in [-0.3, -0.25) is 9.59 Å². The summed E-state index contributed by atoms with van der Waals surface area (Å²) >= 11 is 12.1. The molecule has 6 nitrogen and oxygen atoms in total. The Morgan fingerprint density at radius 3 is 2.27 bits per heavy atom. The lowest BCUT2D eigenvalue weighted by molar-refractivity contribution is 0.0902. The summed E-state index contributed by atoms with van der Waals surface area (Å²) in [4.78, 5) is 33.3. The minimum Gasteiger partial charge on any atom is -0.347 e. The highest BCUT2D eigenvalue weighted by Gasteiger charge is 2.22. The molecule has 1 aromatic heterocycles. The molecular weight excluding hydrogens is 430 g/mol. The van der Waals surface area contributed by atoms with Crippen molar-refractivity contribution in [1.29, 1.82) is 0 Å². The highest BCUT2D eigenvalue weighted by Crippen LogP contribution is 2.26. The molecule has 0 bridgehead atoms. The maximum absolute atomic E-state index is 13.0. The fraction of sp³-hybridized carbons (Fsp3) is 0.143.